The van der Waals surface area contributed by atoms with Crippen LogP contribution in [0.1, 0.15) is 17.3 Å². The predicted molar refractivity (Wildman–Crippen MR) is 89.3 cm³/mol. The minimum absolute atomic E-state index is 0.0299. The fourth-order valence-electron chi connectivity index (χ4n) is 1.94. The number of ketones is 1. The molecule has 3 nitrogen and oxygen atoms in total. The number of hydrogen-bond acceptors (Lipinski definition) is 3. The number of benzene rings is 2. The molecule has 4 heteroatoms. The van der Waals surface area contributed by atoms with Gasteiger partial charge in [-0.05, 0) is 31.2 Å². The van der Waals surface area contributed by atoms with Crippen LogP contribution >= 0.6 is 15.9 Å². The van der Waals surface area contributed by atoms with Crippen molar-refractivity contribution in [3.05, 3.63) is 58.6 Å². The van der Waals surface area contributed by atoms with Crippen molar-refractivity contribution in [2.24, 2.45) is 0 Å². The fourth-order valence-corrected chi connectivity index (χ4v) is 2.21. The van der Waals surface area contributed by atoms with E-state index in [1.807, 2.05) is 55.4 Å². The normalized spacial score (nSPS) is 11.8. The van der Waals surface area contributed by atoms with E-state index in [-0.39, 0.29) is 5.78 Å². The minimum Gasteiger partial charge on any atom is -0.482 e. The van der Waals surface area contributed by atoms with Crippen LogP contribution in [0.25, 0.3) is 0 Å². The number of carbonyl (C=O) groups is 1. The van der Waals surface area contributed by atoms with Crippen molar-refractivity contribution in [3.63, 3.8) is 0 Å². The van der Waals surface area contributed by atoms with Crippen molar-refractivity contribution < 1.29 is 9.53 Å². The summed E-state index contributed by atoms with van der Waals surface area (Å²) in [6, 6.07) is 15.0. The average molecular weight is 348 g/mol. The number of nitrogens with zero attached hydrogens (tertiary/aromatic N) is 1. The summed E-state index contributed by atoms with van der Waals surface area (Å²) in [4.78, 5) is 14.3. The molecule has 2 rings (SSSR count). The summed E-state index contributed by atoms with van der Waals surface area (Å²) >= 11 is 3.36. The zero-order chi connectivity index (χ0) is 15.4. The van der Waals surface area contributed by atoms with Crippen LogP contribution in [0.5, 0.6) is 5.75 Å². The smallest absolute Gasteiger partial charge is 0.202 e. The van der Waals surface area contributed by atoms with Gasteiger partial charge in [-0.1, -0.05) is 34.1 Å². The van der Waals surface area contributed by atoms with E-state index < -0.39 is 6.10 Å². The van der Waals surface area contributed by atoms with Crippen LogP contribution in [0.4, 0.5) is 5.69 Å². The second-order valence-electron chi connectivity index (χ2n) is 5.02. The lowest BCUT2D eigenvalue weighted by Gasteiger charge is -2.17. The van der Waals surface area contributed by atoms with E-state index in [2.05, 4.69) is 15.9 Å². The Balaban J connectivity index is 2.10. The molecule has 0 aliphatic carbocycles. The van der Waals surface area contributed by atoms with E-state index in [9.17, 15) is 4.79 Å². The van der Waals surface area contributed by atoms with Gasteiger partial charge in [-0.25, -0.2) is 0 Å². The second kappa shape index (κ2) is 6.76. The van der Waals surface area contributed by atoms with Gasteiger partial charge >= 0.3 is 0 Å². The van der Waals surface area contributed by atoms with E-state index >= 15 is 0 Å². The highest BCUT2D eigenvalue weighted by Crippen LogP contribution is 2.21. The Morgan fingerprint density at radius 1 is 1.14 bits per heavy atom. The molecule has 0 fully saturated rings. The maximum absolute atomic E-state index is 12.3. The quantitative estimate of drug-likeness (QED) is 0.760. The Hall–Kier alpha value is -1.81. The molecule has 0 saturated carbocycles. The summed E-state index contributed by atoms with van der Waals surface area (Å²) in [5.74, 6) is 0.664. The summed E-state index contributed by atoms with van der Waals surface area (Å²) < 4.78 is 6.71. The molecule has 0 aliphatic heterocycles. The molecular weight excluding hydrogens is 330 g/mol. The number of halogens is 1. The van der Waals surface area contributed by atoms with Crippen LogP contribution in [-0.4, -0.2) is 26.0 Å². The van der Waals surface area contributed by atoms with E-state index in [1.54, 1.807) is 19.1 Å². The highest BCUT2D eigenvalue weighted by atomic mass is 79.9. The van der Waals surface area contributed by atoms with E-state index in [1.165, 1.54) is 0 Å². The maximum atomic E-state index is 12.3. The van der Waals surface area contributed by atoms with E-state index in [4.69, 9.17) is 4.74 Å². The largest absolute Gasteiger partial charge is 0.482 e. The highest BCUT2D eigenvalue weighted by molar-refractivity contribution is 9.10. The summed E-state index contributed by atoms with van der Waals surface area (Å²) in [5.41, 5.74) is 1.69. The zero-order valence-electron chi connectivity index (χ0n) is 12.3. The Bertz CT molecular complexity index is 623. The van der Waals surface area contributed by atoms with Gasteiger partial charge in [-0.2, -0.15) is 0 Å². The molecular formula is C17H18BrNO2. The van der Waals surface area contributed by atoms with Gasteiger partial charge in [-0.15, -0.1) is 0 Å². The third kappa shape index (κ3) is 4.08. The van der Waals surface area contributed by atoms with Gasteiger partial charge < -0.3 is 9.64 Å². The first-order valence-electron chi connectivity index (χ1n) is 6.71. The van der Waals surface area contributed by atoms with Crippen LogP contribution < -0.4 is 9.64 Å². The standard InChI is InChI=1S/C17H18BrNO2/c1-12(17(20)13-7-9-14(18)10-8-13)21-16-6-4-5-15(11-16)19(2)3/h4-12H,1-3H3. The first-order chi connectivity index (χ1) is 9.97. The Morgan fingerprint density at radius 3 is 2.43 bits per heavy atom. The van der Waals surface area contributed by atoms with Crippen LogP contribution in [0, 0.1) is 0 Å². The van der Waals surface area contributed by atoms with Crippen molar-refractivity contribution in [2.45, 2.75) is 13.0 Å². The molecule has 0 bridgehead atoms. The molecule has 0 heterocycles. The first kappa shape index (κ1) is 15.6. The number of carbonyl (C=O) groups excluding carboxylic acids is 1. The SMILES string of the molecule is CC(Oc1cccc(N(C)C)c1)C(=O)c1ccc(Br)cc1. The van der Waals surface area contributed by atoms with Crippen molar-refractivity contribution in [3.8, 4) is 5.75 Å². The van der Waals surface area contributed by atoms with Gasteiger partial charge in [0.25, 0.3) is 0 Å². The average Bonchev–Trinajstić information content (AvgIpc) is 2.47. The molecule has 0 radical (unpaired) electrons. The maximum Gasteiger partial charge on any atom is 0.202 e. The minimum atomic E-state index is -0.524. The number of rotatable bonds is 5. The lowest BCUT2D eigenvalue weighted by atomic mass is 10.1. The van der Waals surface area contributed by atoms with Crippen LogP contribution in [0.2, 0.25) is 0 Å². The van der Waals surface area contributed by atoms with Gasteiger partial charge in [0, 0.05) is 35.9 Å². The van der Waals surface area contributed by atoms with Crippen molar-refractivity contribution in [1.82, 2.24) is 0 Å². The third-order valence-electron chi connectivity index (χ3n) is 3.14. The lowest BCUT2D eigenvalue weighted by Crippen LogP contribution is -2.24. The summed E-state index contributed by atoms with van der Waals surface area (Å²) in [5, 5.41) is 0. The Kier molecular flexibility index (Phi) is 5.02. The zero-order valence-corrected chi connectivity index (χ0v) is 13.9. The van der Waals surface area contributed by atoms with Gasteiger partial charge in [0.15, 0.2) is 6.10 Å². The predicted octanol–water partition coefficient (Wildman–Crippen LogP) is 4.17. The van der Waals surface area contributed by atoms with Gasteiger partial charge in [0.2, 0.25) is 5.78 Å². The number of Topliss-reactive ketones (excluding diaryl/α,β-unsaturated/α-hetero) is 1. The molecule has 2 aromatic rings. The molecule has 110 valence electrons. The number of hydrogen-bond donors (Lipinski definition) is 0. The van der Waals surface area contributed by atoms with Crippen LogP contribution in [-0.2, 0) is 0 Å². The summed E-state index contributed by atoms with van der Waals surface area (Å²) in [6.07, 6.45) is -0.524. The molecule has 0 aromatic heterocycles. The molecule has 1 atom stereocenters. The fraction of sp³-hybridized carbons (Fsp3) is 0.235. The van der Waals surface area contributed by atoms with Crippen molar-refractivity contribution in [1.29, 1.82) is 0 Å². The third-order valence-corrected chi connectivity index (χ3v) is 3.67. The summed E-state index contributed by atoms with van der Waals surface area (Å²) in [6.45, 7) is 1.77. The highest BCUT2D eigenvalue weighted by Gasteiger charge is 2.17. The van der Waals surface area contributed by atoms with E-state index in [0.717, 1.165) is 10.2 Å². The molecule has 2 aromatic carbocycles. The molecule has 1 unspecified atom stereocenters. The van der Waals surface area contributed by atoms with Crippen LogP contribution in [0.3, 0.4) is 0 Å². The Morgan fingerprint density at radius 2 is 1.81 bits per heavy atom. The molecule has 0 amide bonds. The van der Waals surface area contributed by atoms with Crippen molar-refractivity contribution >= 4 is 27.4 Å². The second-order valence-corrected chi connectivity index (χ2v) is 5.94. The van der Waals surface area contributed by atoms with Crippen molar-refractivity contribution in [2.75, 3.05) is 19.0 Å². The first-order valence-corrected chi connectivity index (χ1v) is 7.50. The number of anilines is 1. The molecule has 0 aliphatic rings. The van der Waals surface area contributed by atoms with E-state index in [0.29, 0.717) is 11.3 Å². The molecule has 21 heavy (non-hydrogen) atoms. The Labute approximate surface area is 133 Å². The van der Waals surface area contributed by atoms with Crippen LogP contribution in [0.15, 0.2) is 53.0 Å². The molecule has 0 spiro atoms. The van der Waals surface area contributed by atoms with Gasteiger partial charge in [0.1, 0.15) is 5.75 Å². The van der Waals surface area contributed by atoms with Gasteiger partial charge in [0.05, 0.1) is 0 Å². The molecule has 0 N–H and O–H groups in total. The lowest BCUT2D eigenvalue weighted by molar-refractivity contribution is 0.0818. The number of ether oxygens (including phenoxy) is 1. The monoisotopic (exact) mass is 347 g/mol. The molecule has 0 saturated heterocycles. The topological polar surface area (TPSA) is 29.5 Å². The summed E-state index contributed by atoms with van der Waals surface area (Å²) in [7, 11) is 3.94. The van der Waals surface area contributed by atoms with Gasteiger partial charge in [-0.3, -0.25) is 4.79 Å².